The first-order valence-electron chi connectivity index (χ1n) is 10.3. The van der Waals surface area contributed by atoms with Crippen LogP contribution in [0, 0.1) is 5.92 Å². The second-order valence-electron chi connectivity index (χ2n) is 7.78. The Morgan fingerprint density at radius 3 is 2.59 bits per heavy atom. The van der Waals surface area contributed by atoms with Crippen molar-refractivity contribution in [2.24, 2.45) is 5.92 Å². The van der Waals surface area contributed by atoms with E-state index in [4.69, 9.17) is 9.47 Å². The number of benzene rings is 2. The lowest BCUT2D eigenvalue weighted by atomic mass is 9.96. The number of piperidine rings is 1. The smallest absolute Gasteiger partial charge is 0.253 e. The van der Waals surface area contributed by atoms with Crippen LogP contribution in [0.15, 0.2) is 48.5 Å². The van der Waals surface area contributed by atoms with Crippen LogP contribution in [0.1, 0.15) is 28.8 Å². The van der Waals surface area contributed by atoms with Gasteiger partial charge in [-0.3, -0.25) is 4.79 Å². The summed E-state index contributed by atoms with van der Waals surface area (Å²) in [5, 5.41) is 0. The molecule has 0 bridgehead atoms. The Morgan fingerprint density at radius 1 is 1.10 bits per heavy atom. The van der Waals surface area contributed by atoms with Gasteiger partial charge in [0, 0.05) is 32.2 Å². The molecular formula is C24H32N2O3. The van der Waals surface area contributed by atoms with E-state index < -0.39 is 0 Å². The summed E-state index contributed by atoms with van der Waals surface area (Å²) in [6.07, 6.45) is 3.34. The Bertz CT molecular complexity index is 791. The lowest BCUT2D eigenvalue weighted by molar-refractivity contribution is 0.0730. The molecule has 0 spiro atoms. The molecule has 2 aromatic rings. The van der Waals surface area contributed by atoms with Gasteiger partial charge in [-0.05, 0) is 67.6 Å². The van der Waals surface area contributed by atoms with Crippen molar-refractivity contribution < 1.29 is 14.3 Å². The van der Waals surface area contributed by atoms with E-state index in [1.54, 1.807) is 14.2 Å². The van der Waals surface area contributed by atoms with Crippen molar-refractivity contribution in [3.8, 4) is 11.5 Å². The van der Waals surface area contributed by atoms with Crippen molar-refractivity contribution in [3.05, 3.63) is 59.7 Å². The minimum absolute atomic E-state index is 0.0683. The van der Waals surface area contributed by atoms with Crippen LogP contribution in [0.5, 0.6) is 11.5 Å². The maximum Gasteiger partial charge on any atom is 0.253 e. The number of hydrogen-bond donors (Lipinski definition) is 0. The highest BCUT2D eigenvalue weighted by Gasteiger charge is 2.23. The van der Waals surface area contributed by atoms with Crippen LogP contribution in [-0.2, 0) is 6.42 Å². The van der Waals surface area contributed by atoms with Crippen molar-refractivity contribution in [1.29, 1.82) is 0 Å². The molecule has 156 valence electrons. The first-order chi connectivity index (χ1) is 14.1. The van der Waals surface area contributed by atoms with Crippen LogP contribution in [-0.4, -0.2) is 63.2 Å². The van der Waals surface area contributed by atoms with E-state index in [1.165, 1.54) is 18.4 Å². The molecular weight excluding hydrogens is 364 g/mol. The van der Waals surface area contributed by atoms with Crippen molar-refractivity contribution in [3.63, 3.8) is 0 Å². The minimum Gasteiger partial charge on any atom is -0.497 e. The summed E-state index contributed by atoms with van der Waals surface area (Å²) in [5.41, 5.74) is 1.96. The van der Waals surface area contributed by atoms with Gasteiger partial charge in [-0.15, -0.1) is 0 Å². The first-order valence-corrected chi connectivity index (χ1v) is 10.3. The number of para-hydroxylation sites is 1. The van der Waals surface area contributed by atoms with E-state index in [-0.39, 0.29) is 5.91 Å². The van der Waals surface area contributed by atoms with E-state index in [2.05, 4.69) is 17.0 Å². The lowest BCUT2D eigenvalue weighted by Crippen LogP contribution is -2.42. The zero-order valence-corrected chi connectivity index (χ0v) is 17.8. The third-order valence-electron chi connectivity index (χ3n) is 5.71. The third kappa shape index (κ3) is 5.73. The standard InChI is InChI=1S/C24H32N2O3/c1-25(24(27)21-10-12-22(28-2)13-11-21)17-19-7-6-15-26(18-19)16-14-20-8-4-5-9-23(20)29-3/h4-5,8-13,19H,6-7,14-18H2,1-3H3/t19-/m0/s1. The highest BCUT2D eigenvalue weighted by molar-refractivity contribution is 5.94. The predicted molar refractivity (Wildman–Crippen MR) is 116 cm³/mol. The van der Waals surface area contributed by atoms with Gasteiger partial charge in [-0.2, -0.15) is 0 Å². The van der Waals surface area contributed by atoms with Crippen LogP contribution < -0.4 is 9.47 Å². The normalized spacial score (nSPS) is 17.0. The number of ether oxygens (including phenoxy) is 2. The summed E-state index contributed by atoms with van der Waals surface area (Å²) < 4.78 is 10.6. The molecule has 0 unspecified atom stereocenters. The number of likely N-dealkylation sites (tertiary alicyclic amines) is 1. The van der Waals surface area contributed by atoms with Crippen molar-refractivity contribution in [2.45, 2.75) is 19.3 Å². The van der Waals surface area contributed by atoms with E-state index in [9.17, 15) is 4.79 Å². The second-order valence-corrected chi connectivity index (χ2v) is 7.78. The molecule has 5 nitrogen and oxygen atoms in total. The highest BCUT2D eigenvalue weighted by atomic mass is 16.5. The molecule has 3 rings (SSSR count). The molecule has 0 aromatic heterocycles. The van der Waals surface area contributed by atoms with Gasteiger partial charge in [0.15, 0.2) is 0 Å². The SMILES string of the molecule is COc1ccc(C(=O)N(C)C[C@@H]2CCCN(CCc3ccccc3OC)C2)cc1. The molecule has 1 heterocycles. The van der Waals surface area contributed by atoms with Gasteiger partial charge in [0.05, 0.1) is 14.2 Å². The van der Waals surface area contributed by atoms with Gasteiger partial charge in [0.2, 0.25) is 0 Å². The second kappa shape index (κ2) is 10.3. The topological polar surface area (TPSA) is 42.0 Å². The van der Waals surface area contributed by atoms with E-state index in [0.29, 0.717) is 11.5 Å². The summed E-state index contributed by atoms with van der Waals surface area (Å²) in [5.74, 6) is 2.31. The fourth-order valence-electron chi connectivity index (χ4n) is 4.12. The summed E-state index contributed by atoms with van der Waals surface area (Å²) in [6, 6.07) is 15.6. The monoisotopic (exact) mass is 396 g/mol. The van der Waals surface area contributed by atoms with Gasteiger partial charge in [0.25, 0.3) is 5.91 Å². The average Bonchev–Trinajstić information content (AvgIpc) is 2.77. The Labute approximate surface area is 174 Å². The molecule has 1 aliphatic heterocycles. The van der Waals surface area contributed by atoms with Gasteiger partial charge in [-0.1, -0.05) is 18.2 Å². The lowest BCUT2D eigenvalue weighted by Gasteiger charge is -2.34. The quantitative estimate of drug-likeness (QED) is 0.682. The van der Waals surface area contributed by atoms with Crippen LogP contribution in [0.3, 0.4) is 0 Å². The summed E-state index contributed by atoms with van der Waals surface area (Å²) in [7, 11) is 5.26. The zero-order valence-electron chi connectivity index (χ0n) is 17.8. The number of methoxy groups -OCH3 is 2. The molecule has 2 aromatic carbocycles. The number of carbonyl (C=O) groups is 1. The molecule has 1 fully saturated rings. The molecule has 29 heavy (non-hydrogen) atoms. The fourth-order valence-corrected chi connectivity index (χ4v) is 4.12. The Balaban J connectivity index is 1.51. The maximum absolute atomic E-state index is 12.7. The van der Waals surface area contributed by atoms with E-state index in [0.717, 1.165) is 44.1 Å². The van der Waals surface area contributed by atoms with E-state index in [1.807, 2.05) is 48.3 Å². The Kier molecular flexibility index (Phi) is 7.53. The van der Waals surface area contributed by atoms with Gasteiger partial charge >= 0.3 is 0 Å². The number of rotatable bonds is 8. The van der Waals surface area contributed by atoms with Crippen molar-refractivity contribution in [1.82, 2.24) is 9.80 Å². The van der Waals surface area contributed by atoms with E-state index >= 15 is 0 Å². The van der Waals surface area contributed by atoms with Crippen molar-refractivity contribution in [2.75, 3.05) is 47.4 Å². The molecule has 1 atom stereocenters. The molecule has 1 aliphatic rings. The molecule has 0 radical (unpaired) electrons. The third-order valence-corrected chi connectivity index (χ3v) is 5.71. The first kappa shape index (κ1) is 21.2. The van der Waals surface area contributed by atoms with Gasteiger partial charge < -0.3 is 19.3 Å². The van der Waals surface area contributed by atoms with Crippen LogP contribution in [0.25, 0.3) is 0 Å². The van der Waals surface area contributed by atoms with Crippen molar-refractivity contribution >= 4 is 5.91 Å². The Hall–Kier alpha value is -2.53. The fraction of sp³-hybridized carbons (Fsp3) is 0.458. The summed E-state index contributed by atoms with van der Waals surface area (Å²) >= 11 is 0. The molecule has 1 amide bonds. The molecule has 0 N–H and O–H groups in total. The average molecular weight is 397 g/mol. The van der Waals surface area contributed by atoms with Crippen LogP contribution in [0.4, 0.5) is 0 Å². The number of amides is 1. The predicted octanol–water partition coefficient (Wildman–Crippen LogP) is 3.73. The van der Waals surface area contributed by atoms with Gasteiger partial charge in [0.1, 0.15) is 11.5 Å². The number of carbonyl (C=O) groups excluding carboxylic acids is 1. The molecule has 0 aliphatic carbocycles. The maximum atomic E-state index is 12.7. The number of nitrogens with zero attached hydrogens (tertiary/aromatic N) is 2. The van der Waals surface area contributed by atoms with Crippen LogP contribution >= 0.6 is 0 Å². The number of hydrogen-bond acceptors (Lipinski definition) is 4. The molecule has 5 heteroatoms. The Morgan fingerprint density at radius 2 is 1.86 bits per heavy atom. The van der Waals surface area contributed by atoms with Crippen LogP contribution in [0.2, 0.25) is 0 Å². The summed E-state index contributed by atoms with van der Waals surface area (Å²) in [4.78, 5) is 17.1. The minimum atomic E-state index is 0.0683. The highest BCUT2D eigenvalue weighted by Crippen LogP contribution is 2.22. The van der Waals surface area contributed by atoms with Gasteiger partial charge in [-0.25, -0.2) is 0 Å². The largest absolute Gasteiger partial charge is 0.497 e. The summed E-state index contributed by atoms with van der Waals surface area (Å²) in [6.45, 7) is 3.97. The zero-order chi connectivity index (χ0) is 20.6. The molecule has 1 saturated heterocycles. The molecule has 0 saturated carbocycles.